The molecule has 1 aromatic carbocycles. The van der Waals surface area contributed by atoms with Crippen molar-refractivity contribution in [2.75, 3.05) is 19.6 Å². The molecule has 1 saturated heterocycles. The van der Waals surface area contributed by atoms with Crippen LogP contribution >= 0.6 is 0 Å². The fourth-order valence-corrected chi connectivity index (χ4v) is 3.45. The van der Waals surface area contributed by atoms with Crippen LogP contribution in [0.1, 0.15) is 47.2 Å². The van der Waals surface area contributed by atoms with Crippen LogP contribution in [0.3, 0.4) is 0 Å². The monoisotopic (exact) mass is 257 g/mol. The second-order valence-corrected chi connectivity index (χ2v) is 6.12. The molecule has 0 amide bonds. The first kappa shape index (κ1) is 12.9. The molecule has 1 unspecified atom stereocenters. The van der Waals surface area contributed by atoms with Crippen LogP contribution in [0.2, 0.25) is 0 Å². The Balaban J connectivity index is 1.73. The van der Waals surface area contributed by atoms with Crippen LogP contribution < -0.4 is 0 Å². The highest BCUT2D eigenvalue weighted by Crippen LogP contribution is 2.27. The average Bonchev–Trinajstić information content (AvgIpc) is 2.44. The summed E-state index contributed by atoms with van der Waals surface area (Å²) in [4.78, 5) is 15.1. The normalized spacial score (nSPS) is 24.3. The topological polar surface area (TPSA) is 20.3 Å². The lowest BCUT2D eigenvalue weighted by Gasteiger charge is -2.32. The molecule has 0 aromatic heterocycles. The standard InChI is InChI=1S/C17H23NO/c1-13-5-6-14-7-8-15(17(19)16(14)11-13)12-18-9-3-2-4-10-18/h5-6,11,15H,2-4,7-10,12H2,1H3. The third-order valence-electron chi connectivity index (χ3n) is 4.59. The molecule has 102 valence electrons. The number of nitrogens with zero attached hydrogens (tertiary/aromatic N) is 1. The number of fused-ring (bicyclic) bond motifs is 1. The van der Waals surface area contributed by atoms with Gasteiger partial charge in [-0.15, -0.1) is 0 Å². The first-order chi connectivity index (χ1) is 9.24. The smallest absolute Gasteiger partial charge is 0.167 e. The third-order valence-corrected chi connectivity index (χ3v) is 4.59. The van der Waals surface area contributed by atoms with Crippen molar-refractivity contribution in [1.82, 2.24) is 4.90 Å². The van der Waals surface area contributed by atoms with Crippen LogP contribution in [0.4, 0.5) is 0 Å². The lowest BCUT2D eigenvalue weighted by atomic mass is 9.81. The van der Waals surface area contributed by atoms with E-state index < -0.39 is 0 Å². The summed E-state index contributed by atoms with van der Waals surface area (Å²) in [7, 11) is 0. The molecule has 1 atom stereocenters. The minimum atomic E-state index is 0.229. The van der Waals surface area contributed by atoms with Crippen molar-refractivity contribution >= 4 is 5.78 Å². The van der Waals surface area contributed by atoms with Gasteiger partial charge in [0, 0.05) is 18.0 Å². The summed E-state index contributed by atoms with van der Waals surface area (Å²) in [6.45, 7) is 5.42. The average molecular weight is 257 g/mol. The number of piperidine rings is 1. The molecule has 0 bridgehead atoms. The van der Waals surface area contributed by atoms with Gasteiger partial charge in [-0.05, 0) is 57.3 Å². The number of rotatable bonds is 2. The van der Waals surface area contributed by atoms with Crippen LogP contribution in [0, 0.1) is 12.8 Å². The number of ketones is 1. The molecule has 1 aromatic rings. The Bertz CT molecular complexity index is 474. The summed E-state index contributed by atoms with van der Waals surface area (Å²) >= 11 is 0. The molecule has 19 heavy (non-hydrogen) atoms. The van der Waals surface area contributed by atoms with Gasteiger partial charge >= 0.3 is 0 Å². The van der Waals surface area contributed by atoms with E-state index in [0.717, 1.165) is 24.9 Å². The molecule has 0 saturated carbocycles. The SMILES string of the molecule is Cc1ccc2c(c1)C(=O)C(CN1CCCCC1)CC2. The van der Waals surface area contributed by atoms with Crippen molar-refractivity contribution in [3.05, 3.63) is 34.9 Å². The highest BCUT2D eigenvalue weighted by atomic mass is 16.1. The van der Waals surface area contributed by atoms with Gasteiger partial charge in [-0.2, -0.15) is 0 Å². The van der Waals surface area contributed by atoms with Gasteiger partial charge in [0.2, 0.25) is 0 Å². The van der Waals surface area contributed by atoms with Crippen molar-refractivity contribution < 1.29 is 4.79 Å². The van der Waals surface area contributed by atoms with Gasteiger partial charge in [-0.25, -0.2) is 0 Å². The maximum atomic E-state index is 12.6. The molecule has 2 nitrogen and oxygen atoms in total. The highest BCUT2D eigenvalue weighted by molar-refractivity contribution is 6.00. The fourth-order valence-electron chi connectivity index (χ4n) is 3.45. The van der Waals surface area contributed by atoms with E-state index in [4.69, 9.17) is 0 Å². The number of hydrogen-bond donors (Lipinski definition) is 0. The quantitative estimate of drug-likeness (QED) is 0.810. The van der Waals surface area contributed by atoms with Crippen molar-refractivity contribution in [2.24, 2.45) is 5.92 Å². The largest absolute Gasteiger partial charge is 0.303 e. The molecular weight excluding hydrogens is 234 g/mol. The summed E-state index contributed by atoms with van der Waals surface area (Å²) in [5.74, 6) is 0.614. The molecule has 0 radical (unpaired) electrons. The Morgan fingerprint density at radius 1 is 1.21 bits per heavy atom. The van der Waals surface area contributed by atoms with Crippen molar-refractivity contribution in [3.63, 3.8) is 0 Å². The van der Waals surface area contributed by atoms with E-state index in [-0.39, 0.29) is 5.92 Å². The Morgan fingerprint density at radius 3 is 2.79 bits per heavy atom. The number of likely N-dealkylation sites (tertiary alicyclic amines) is 1. The van der Waals surface area contributed by atoms with E-state index in [9.17, 15) is 4.79 Å². The van der Waals surface area contributed by atoms with Gasteiger partial charge in [0.05, 0.1) is 0 Å². The van der Waals surface area contributed by atoms with Crippen LogP contribution in [-0.4, -0.2) is 30.3 Å². The van der Waals surface area contributed by atoms with Crippen LogP contribution in [0.25, 0.3) is 0 Å². The zero-order chi connectivity index (χ0) is 13.2. The molecular formula is C17H23NO. The number of carbonyl (C=O) groups is 1. The second-order valence-electron chi connectivity index (χ2n) is 6.12. The Kier molecular flexibility index (Phi) is 3.69. The minimum absolute atomic E-state index is 0.229. The van der Waals surface area contributed by atoms with E-state index in [2.05, 4.69) is 30.0 Å². The minimum Gasteiger partial charge on any atom is -0.303 e. The lowest BCUT2D eigenvalue weighted by molar-refractivity contribution is 0.0845. The number of benzene rings is 1. The van der Waals surface area contributed by atoms with E-state index in [1.807, 2.05) is 0 Å². The molecule has 3 rings (SSSR count). The van der Waals surface area contributed by atoms with Crippen molar-refractivity contribution in [3.8, 4) is 0 Å². The molecule has 1 aliphatic heterocycles. The van der Waals surface area contributed by atoms with Crippen LogP contribution in [0.15, 0.2) is 18.2 Å². The molecule has 2 heteroatoms. The van der Waals surface area contributed by atoms with Gasteiger partial charge in [0.1, 0.15) is 0 Å². The first-order valence-corrected chi connectivity index (χ1v) is 7.60. The zero-order valence-electron chi connectivity index (χ0n) is 11.8. The molecule has 1 fully saturated rings. The number of carbonyl (C=O) groups excluding carboxylic acids is 1. The highest BCUT2D eigenvalue weighted by Gasteiger charge is 2.29. The van der Waals surface area contributed by atoms with Gasteiger partial charge in [0.15, 0.2) is 5.78 Å². The maximum Gasteiger partial charge on any atom is 0.167 e. The maximum absolute atomic E-state index is 12.6. The Morgan fingerprint density at radius 2 is 2.00 bits per heavy atom. The van der Waals surface area contributed by atoms with E-state index >= 15 is 0 Å². The number of hydrogen-bond acceptors (Lipinski definition) is 2. The van der Waals surface area contributed by atoms with Gasteiger partial charge < -0.3 is 4.90 Å². The van der Waals surface area contributed by atoms with Gasteiger partial charge in [0.25, 0.3) is 0 Å². The Hall–Kier alpha value is -1.15. The fraction of sp³-hybridized carbons (Fsp3) is 0.588. The zero-order valence-corrected chi connectivity index (χ0v) is 11.8. The Labute approximate surface area is 115 Å². The lowest BCUT2D eigenvalue weighted by Crippen LogP contribution is -2.38. The van der Waals surface area contributed by atoms with Crippen molar-refractivity contribution in [2.45, 2.75) is 39.0 Å². The number of Topliss-reactive ketones (excluding diaryl/α,β-unsaturated/α-hetero) is 1. The third kappa shape index (κ3) is 2.74. The summed E-state index contributed by atoms with van der Waals surface area (Å²) in [5.41, 5.74) is 3.45. The summed E-state index contributed by atoms with van der Waals surface area (Å²) < 4.78 is 0. The summed E-state index contributed by atoms with van der Waals surface area (Å²) in [6, 6.07) is 6.34. The second kappa shape index (κ2) is 5.46. The van der Waals surface area contributed by atoms with E-state index in [0.29, 0.717) is 5.78 Å². The molecule has 0 spiro atoms. The molecule has 1 heterocycles. The summed E-state index contributed by atoms with van der Waals surface area (Å²) in [5, 5.41) is 0. The summed E-state index contributed by atoms with van der Waals surface area (Å²) in [6.07, 6.45) is 6.07. The first-order valence-electron chi connectivity index (χ1n) is 7.60. The van der Waals surface area contributed by atoms with E-state index in [1.54, 1.807) is 0 Å². The molecule has 1 aliphatic carbocycles. The van der Waals surface area contributed by atoms with Crippen LogP contribution in [0.5, 0.6) is 0 Å². The molecule has 0 N–H and O–H groups in total. The molecule has 2 aliphatic rings. The predicted octanol–water partition coefficient (Wildman–Crippen LogP) is 3.23. The predicted molar refractivity (Wildman–Crippen MR) is 77.6 cm³/mol. The van der Waals surface area contributed by atoms with Crippen LogP contribution in [-0.2, 0) is 6.42 Å². The van der Waals surface area contributed by atoms with E-state index in [1.165, 1.54) is 43.5 Å². The van der Waals surface area contributed by atoms with Crippen molar-refractivity contribution in [1.29, 1.82) is 0 Å². The van der Waals surface area contributed by atoms with Gasteiger partial charge in [-0.3, -0.25) is 4.79 Å². The van der Waals surface area contributed by atoms with Gasteiger partial charge in [-0.1, -0.05) is 24.1 Å². The number of aryl methyl sites for hydroxylation is 2.